The Morgan fingerprint density at radius 3 is 2.64 bits per heavy atom. The average molecular weight is 314 g/mol. The van der Waals surface area contributed by atoms with Crippen LogP contribution in [0.2, 0.25) is 0 Å². The van der Waals surface area contributed by atoms with Gasteiger partial charge in [0.15, 0.2) is 0 Å². The monoisotopic (exact) mass is 313 g/mol. The third kappa shape index (κ3) is 2.31. The Morgan fingerprint density at radius 2 is 1.82 bits per heavy atom. The van der Waals surface area contributed by atoms with E-state index in [2.05, 4.69) is 41.3 Å². The Morgan fingerprint density at radius 1 is 1.00 bits per heavy atom. The lowest BCUT2D eigenvalue weighted by Crippen LogP contribution is -2.37. The number of ether oxygens (including phenoxy) is 1. The van der Waals surface area contributed by atoms with Crippen LogP contribution in [0.5, 0.6) is 0 Å². The first-order valence-corrected chi connectivity index (χ1v) is 8.53. The minimum Gasteiger partial charge on any atom is -0.378 e. The number of anilines is 1. The molecule has 0 aromatic heterocycles. The number of alkyl halides is 1. The van der Waals surface area contributed by atoms with Gasteiger partial charge in [-0.3, -0.25) is 0 Å². The normalized spacial score (nSPS) is 16.5. The molecule has 0 amide bonds. The van der Waals surface area contributed by atoms with Gasteiger partial charge in [-0.2, -0.15) is 0 Å². The lowest BCUT2D eigenvalue weighted by molar-refractivity contribution is 0.122. The van der Waals surface area contributed by atoms with Crippen molar-refractivity contribution in [3.63, 3.8) is 0 Å². The molecule has 4 rings (SSSR count). The molecule has 0 radical (unpaired) electrons. The van der Waals surface area contributed by atoms with Crippen molar-refractivity contribution in [3.05, 3.63) is 53.1 Å². The lowest BCUT2D eigenvalue weighted by Gasteiger charge is -2.32. The van der Waals surface area contributed by atoms with Gasteiger partial charge in [0.25, 0.3) is 0 Å². The van der Waals surface area contributed by atoms with Crippen LogP contribution < -0.4 is 4.90 Å². The minimum absolute atomic E-state index is 0.670. The smallest absolute Gasteiger partial charge is 0.0642 e. The van der Waals surface area contributed by atoms with E-state index in [1.165, 1.54) is 33.5 Å². The highest BCUT2D eigenvalue weighted by Crippen LogP contribution is 2.43. The number of halogens is 1. The van der Waals surface area contributed by atoms with Gasteiger partial charge in [-0.25, -0.2) is 0 Å². The summed E-state index contributed by atoms with van der Waals surface area (Å²) in [7, 11) is 0. The third-order valence-electron chi connectivity index (χ3n) is 4.73. The van der Waals surface area contributed by atoms with Crippen molar-refractivity contribution in [1.29, 1.82) is 0 Å². The van der Waals surface area contributed by atoms with E-state index in [0.29, 0.717) is 5.88 Å². The van der Waals surface area contributed by atoms with E-state index in [1.54, 1.807) is 0 Å². The van der Waals surface area contributed by atoms with Crippen LogP contribution in [0.3, 0.4) is 0 Å². The van der Waals surface area contributed by atoms with Gasteiger partial charge < -0.3 is 9.64 Å². The number of fused-ring (bicyclic) bond motifs is 3. The van der Waals surface area contributed by atoms with Crippen molar-refractivity contribution in [3.8, 4) is 11.1 Å². The first-order chi connectivity index (χ1) is 10.9. The minimum atomic E-state index is 0.670. The molecule has 1 fully saturated rings. The lowest BCUT2D eigenvalue weighted by atomic mass is 9.98. The summed E-state index contributed by atoms with van der Waals surface area (Å²) in [5.41, 5.74) is 8.50. The third-order valence-corrected chi connectivity index (χ3v) is 4.92. The molecule has 0 spiro atoms. The van der Waals surface area contributed by atoms with Crippen molar-refractivity contribution in [2.24, 2.45) is 0 Å². The highest BCUT2D eigenvalue weighted by atomic mass is 35.5. The molecule has 0 saturated carbocycles. The van der Waals surface area contributed by atoms with E-state index in [1.807, 2.05) is 0 Å². The van der Waals surface area contributed by atoms with Crippen LogP contribution in [0.4, 0.5) is 5.69 Å². The molecule has 2 aliphatic rings. The Balaban J connectivity index is 1.84. The van der Waals surface area contributed by atoms with Gasteiger partial charge in [0.1, 0.15) is 0 Å². The van der Waals surface area contributed by atoms with Gasteiger partial charge >= 0.3 is 0 Å². The molecule has 1 aliphatic heterocycles. The van der Waals surface area contributed by atoms with Crippen LogP contribution in [-0.4, -0.2) is 32.2 Å². The van der Waals surface area contributed by atoms with E-state index in [0.717, 1.165) is 39.1 Å². The quantitative estimate of drug-likeness (QED) is 0.681. The van der Waals surface area contributed by atoms with Crippen molar-refractivity contribution in [2.75, 3.05) is 37.1 Å². The number of nitrogens with zero attached hydrogens (tertiary/aromatic N) is 1. The summed E-state index contributed by atoms with van der Waals surface area (Å²) in [4.78, 5) is 2.50. The zero-order chi connectivity index (χ0) is 14.9. The molecular formula is C19H20ClNO. The summed E-state index contributed by atoms with van der Waals surface area (Å²) in [6, 6.07) is 13.3. The fraction of sp³-hybridized carbons (Fsp3) is 0.368. The van der Waals surface area contributed by atoms with Crippen LogP contribution in [-0.2, 0) is 17.6 Å². The Kier molecular flexibility index (Phi) is 3.81. The summed E-state index contributed by atoms with van der Waals surface area (Å²) in [5.74, 6) is 0.670. The fourth-order valence-corrected chi connectivity index (χ4v) is 3.93. The molecule has 3 heteroatoms. The highest BCUT2D eigenvalue weighted by molar-refractivity contribution is 6.18. The van der Waals surface area contributed by atoms with Crippen molar-refractivity contribution >= 4 is 17.3 Å². The topological polar surface area (TPSA) is 12.5 Å². The second-order valence-electron chi connectivity index (χ2n) is 5.97. The Bertz CT molecular complexity index is 692. The molecule has 0 N–H and O–H groups in total. The fourth-order valence-electron chi connectivity index (χ4n) is 3.73. The van der Waals surface area contributed by atoms with Gasteiger partial charge in [-0.15, -0.1) is 11.6 Å². The molecule has 114 valence electrons. The van der Waals surface area contributed by atoms with Crippen LogP contribution in [0.25, 0.3) is 11.1 Å². The summed E-state index contributed by atoms with van der Waals surface area (Å²) >= 11 is 6.04. The molecule has 2 nitrogen and oxygen atoms in total. The number of rotatable bonds is 3. The number of morpholine rings is 1. The van der Waals surface area contributed by atoms with Gasteiger partial charge in [-0.1, -0.05) is 36.4 Å². The van der Waals surface area contributed by atoms with Gasteiger partial charge in [0, 0.05) is 31.1 Å². The standard InChI is InChI=1S/C19H20ClNO/c20-8-7-14-5-6-17-16-4-2-1-3-15(16)13-18(17)19(14)21-9-11-22-12-10-21/h1-6H,7-13H2. The summed E-state index contributed by atoms with van der Waals surface area (Å²) in [6.07, 6.45) is 1.96. The molecule has 0 unspecified atom stereocenters. The molecule has 0 bridgehead atoms. The van der Waals surface area contributed by atoms with Crippen molar-refractivity contribution in [2.45, 2.75) is 12.8 Å². The van der Waals surface area contributed by atoms with E-state index in [4.69, 9.17) is 16.3 Å². The number of aryl methyl sites for hydroxylation is 1. The molecule has 1 saturated heterocycles. The molecular weight excluding hydrogens is 294 g/mol. The van der Waals surface area contributed by atoms with Gasteiger partial charge in [-0.05, 0) is 34.2 Å². The van der Waals surface area contributed by atoms with E-state index < -0.39 is 0 Å². The first kappa shape index (κ1) is 14.1. The van der Waals surface area contributed by atoms with Crippen LogP contribution in [0.15, 0.2) is 36.4 Å². The van der Waals surface area contributed by atoms with Crippen LogP contribution >= 0.6 is 11.6 Å². The first-order valence-electron chi connectivity index (χ1n) is 8.00. The van der Waals surface area contributed by atoms with E-state index in [9.17, 15) is 0 Å². The largest absolute Gasteiger partial charge is 0.378 e. The molecule has 0 atom stereocenters. The van der Waals surface area contributed by atoms with Crippen molar-refractivity contribution in [1.82, 2.24) is 0 Å². The Labute approximate surface area is 136 Å². The average Bonchev–Trinajstić information content (AvgIpc) is 2.94. The zero-order valence-corrected chi connectivity index (χ0v) is 13.4. The molecule has 1 aliphatic carbocycles. The predicted octanol–water partition coefficient (Wildman–Crippen LogP) is 3.88. The molecule has 2 aromatic carbocycles. The summed E-state index contributed by atoms with van der Waals surface area (Å²) in [5, 5.41) is 0. The maximum absolute atomic E-state index is 6.04. The van der Waals surface area contributed by atoms with E-state index in [-0.39, 0.29) is 0 Å². The van der Waals surface area contributed by atoms with Crippen LogP contribution in [0.1, 0.15) is 16.7 Å². The van der Waals surface area contributed by atoms with E-state index >= 15 is 0 Å². The maximum Gasteiger partial charge on any atom is 0.0642 e. The predicted molar refractivity (Wildman–Crippen MR) is 92.1 cm³/mol. The molecule has 22 heavy (non-hydrogen) atoms. The second-order valence-corrected chi connectivity index (χ2v) is 6.35. The van der Waals surface area contributed by atoms with Gasteiger partial charge in [0.2, 0.25) is 0 Å². The summed E-state index contributed by atoms with van der Waals surface area (Å²) in [6.45, 7) is 3.58. The Hall–Kier alpha value is -1.51. The van der Waals surface area contributed by atoms with Crippen LogP contribution in [0, 0.1) is 0 Å². The summed E-state index contributed by atoms with van der Waals surface area (Å²) < 4.78 is 5.53. The van der Waals surface area contributed by atoms with Crippen molar-refractivity contribution < 1.29 is 4.74 Å². The number of benzene rings is 2. The SMILES string of the molecule is ClCCc1ccc2c(c1N1CCOCC1)Cc1ccccc1-2. The van der Waals surface area contributed by atoms with Gasteiger partial charge in [0.05, 0.1) is 13.2 Å². The molecule has 1 heterocycles. The second kappa shape index (κ2) is 5.94. The number of hydrogen-bond donors (Lipinski definition) is 0. The maximum atomic E-state index is 6.04. The zero-order valence-electron chi connectivity index (χ0n) is 12.6. The highest BCUT2D eigenvalue weighted by Gasteiger charge is 2.26. The molecule has 2 aromatic rings. The number of hydrogen-bond acceptors (Lipinski definition) is 2.